The largest absolute Gasteiger partial charge is 0.485 e. The summed E-state index contributed by atoms with van der Waals surface area (Å²) >= 11 is 0. The molecule has 3 aromatic carbocycles. The quantitative estimate of drug-likeness (QED) is 0.380. The molecule has 0 saturated heterocycles. The predicted molar refractivity (Wildman–Crippen MR) is 104 cm³/mol. The molecule has 0 fully saturated rings. The Hall–Kier alpha value is -4.00. The third-order valence-electron chi connectivity index (χ3n) is 3.90. The second-order valence-corrected chi connectivity index (χ2v) is 5.86. The molecule has 7 heteroatoms. The van der Waals surface area contributed by atoms with E-state index in [1.807, 2.05) is 6.07 Å². The molecule has 0 spiro atoms. The summed E-state index contributed by atoms with van der Waals surface area (Å²) in [7, 11) is 0. The van der Waals surface area contributed by atoms with Gasteiger partial charge < -0.3 is 10.1 Å². The molecule has 7 nitrogen and oxygen atoms in total. The summed E-state index contributed by atoms with van der Waals surface area (Å²) in [4.78, 5) is 34.6. The maximum absolute atomic E-state index is 12.2. The predicted octanol–water partition coefficient (Wildman–Crippen LogP) is 4.11. The number of non-ortho nitro benzene ring substituents is 1. The lowest BCUT2D eigenvalue weighted by Gasteiger charge is -2.08. The van der Waals surface area contributed by atoms with Crippen LogP contribution < -0.4 is 10.1 Å². The second-order valence-electron chi connectivity index (χ2n) is 5.86. The average molecular weight is 376 g/mol. The van der Waals surface area contributed by atoms with E-state index >= 15 is 0 Å². The number of nitro benzene ring substituents is 1. The highest BCUT2D eigenvalue weighted by atomic mass is 16.6. The molecule has 0 aromatic heterocycles. The molecule has 0 aliphatic rings. The van der Waals surface area contributed by atoms with E-state index in [1.165, 1.54) is 18.2 Å². The Balaban J connectivity index is 1.58. The van der Waals surface area contributed by atoms with Crippen molar-refractivity contribution in [1.82, 2.24) is 0 Å². The van der Waals surface area contributed by atoms with Crippen LogP contribution in [-0.4, -0.2) is 23.2 Å². The first-order valence-electron chi connectivity index (χ1n) is 8.40. The number of ketones is 1. The number of carbonyl (C=O) groups is 2. The summed E-state index contributed by atoms with van der Waals surface area (Å²) in [6.07, 6.45) is 0. The Morgan fingerprint density at radius 3 is 2.29 bits per heavy atom. The fourth-order valence-corrected chi connectivity index (χ4v) is 2.45. The van der Waals surface area contributed by atoms with Gasteiger partial charge in [0.05, 0.1) is 11.0 Å². The molecule has 28 heavy (non-hydrogen) atoms. The monoisotopic (exact) mass is 376 g/mol. The Bertz CT molecular complexity index is 1000. The Kier molecular flexibility index (Phi) is 5.76. The number of carbonyl (C=O) groups excluding carboxylic acids is 2. The summed E-state index contributed by atoms with van der Waals surface area (Å²) in [6.45, 7) is -0.253. The topological polar surface area (TPSA) is 98.5 Å². The summed E-state index contributed by atoms with van der Waals surface area (Å²) in [5.41, 5.74) is 1.39. The van der Waals surface area contributed by atoms with Gasteiger partial charge in [-0.25, -0.2) is 0 Å². The van der Waals surface area contributed by atoms with Gasteiger partial charge in [0, 0.05) is 22.9 Å². The van der Waals surface area contributed by atoms with Crippen LogP contribution in [0.3, 0.4) is 0 Å². The Morgan fingerprint density at radius 2 is 1.61 bits per heavy atom. The minimum absolute atomic E-state index is 0.108. The van der Waals surface area contributed by atoms with Gasteiger partial charge in [0.25, 0.3) is 11.6 Å². The van der Waals surface area contributed by atoms with E-state index in [4.69, 9.17) is 4.74 Å². The maximum atomic E-state index is 12.2. The van der Waals surface area contributed by atoms with E-state index in [9.17, 15) is 19.7 Å². The molecule has 0 atom stereocenters. The number of hydrogen-bond donors (Lipinski definition) is 1. The number of nitrogens with zero attached hydrogens (tertiary/aromatic N) is 1. The van der Waals surface area contributed by atoms with E-state index < -0.39 is 4.92 Å². The fraction of sp³-hybridized carbons (Fsp3) is 0.0476. The first-order valence-corrected chi connectivity index (χ1v) is 8.40. The van der Waals surface area contributed by atoms with Gasteiger partial charge in [-0.05, 0) is 42.5 Å². The number of ether oxygens (including phenoxy) is 1. The van der Waals surface area contributed by atoms with Crippen LogP contribution in [0.5, 0.6) is 5.75 Å². The van der Waals surface area contributed by atoms with Crippen molar-refractivity contribution in [2.45, 2.75) is 0 Å². The van der Waals surface area contributed by atoms with Crippen LogP contribution >= 0.6 is 0 Å². The molecule has 0 bridgehead atoms. The molecule has 140 valence electrons. The summed E-state index contributed by atoms with van der Waals surface area (Å²) in [5.74, 6) is -0.282. The van der Waals surface area contributed by atoms with Gasteiger partial charge in [0.15, 0.2) is 12.4 Å². The van der Waals surface area contributed by atoms with Crippen LogP contribution in [-0.2, 0) is 0 Å². The lowest BCUT2D eigenvalue weighted by molar-refractivity contribution is -0.384. The van der Waals surface area contributed by atoms with E-state index in [0.717, 1.165) is 0 Å². The van der Waals surface area contributed by atoms with Crippen LogP contribution in [0.15, 0.2) is 78.9 Å². The highest BCUT2D eigenvalue weighted by molar-refractivity contribution is 6.04. The highest BCUT2D eigenvalue weighted by Crippen LogP contribution is 2.19. The lowest BCUT2D eigenvalue weighted by atomic mass is 10.1. The molecule has 0 aliphatic carbocycles. The number of nitro groups is 1. The third kappa shape index (κ3) is 4.79. The number of rotatable bonds is 7. The minimum atomic E-state index is -0.531. The Morgan fingerprint density at radius 1 is 0.893 bits per heavy atom. The molecule has 1 N–H and O–H groups in total. The van der Waals surface area contributed by atoms with Crippen LogP contribution in [0.4, 0.5) is 11.4 Å². The summed E-state index contributed by atoms with van der Waals surface area (Å²) in [5, 5.41) is 13.5. The van der Waals surface area contributed by atoms with Crippen LogP contribution in [0.2, 0.25) is 0 Å². The summed E-state index contributed by atoms with van der Waals surface area (Å²) < 4.78 is 5.34. The molecule has 1 amide bonds. The molecule has 0 unspecified atom stereocenters. The third-order valence-corrected chi connectivity index (χ3v) is 3.90. The normalized spacial score (nSPS) is 10.1. The zero-order valence-electron chi connectivity index (χ0n) is 14.7. The number of anilines is 1. The SMILES string of the molecule is O=C(COc1cccc([N+](=O)[O-])c1)c1ccc(NC(=O)c2ccccc2)cc1. The van der Waals surface area contributed by atoms with Crippen molar-refractivity contribution in [3.05, 3.63) is 100 Å². The second kappa shape index (κ2) is 8.59. The first kappa shape index (κ1) is 18.8. The zero-order valence-corrected chi connectivity index (χ0v) is 14.7. The van der Waals surface area contributed by atoms with Crippen molar-refractivity contribution in [1.29, 1.82) is 0 Å². The zero-order chi connectivity index (χ0) is 19.9. The van der Waals surface area contributed by atoms with Gasteiger partial charge in [-0.2, -0.15) is 0 Å². The van der Waals surface area contributed by atoms with Crippen molar-refractivity contribution in [2.24, 2.45) is 0 Å². The number of hydrogen-bond acceptors (Lipinski definition) is 5. The number of Topliss-reactive ketones (excluding diaryl/α,β-unsaturated/α-hetero) is 1. The highest BCUT2D eigenvalue weighted by Gasteiger charge is 2.11. The lowest BCUT2D eigenvalue weighted by Crippen LogP contribution is -2.13. The van der Waals surface area contributed by atoms with Crippen molar-refractivity contribution in [2.75, 3.05) is 11.9 Å². The molecule has 0 heterocycles. The molecule has 0 radical (unpaired) electrons. The molecule has 3 rings (SSSR count). The van der Waals surface area contributed by atoms with Gasteiger partial charge in [-0.1, -0.05) is 24.3 Å². The fourth-order valence-electron chi connectivity index (χ4n) is 2.45. The smallest absolute Gasteiger partial charge is 0.273 e. The van der Waals surface area contributed by atoms with Gasteiger partial charge >= 0.3 is 0 Å². The molecular formula is C21H16N2O5. The van der Waals surface area contributed by atoms with E-state index in [-0.39, 0.29) is 29.7 Å². The van der Waals surface area contributed by atoms with Gasteiger partial charge in [-0.15, -0.1) is 0 Å². The van der Waals surface area contributed by atoms with E-state index in [0.29, 0.717) is 16.8 Å². The van der Waals surface area contributed by atoms with Crippen molar-refractivity contribution >= 4 is 23.1 Å². The van der Waals surface area contributed by atoms with Gasteiger partial charge in [-0.3, -0.25) is 19.7 Å². The molecule has 0 aliphatic heterocycles. The summed E-state index contributed by atoms with van der Waals surface area (Å²) in [6, 6.07) is 20.8. The maximum Gasteiger partial charge on any atom is 0.273 e. The molecule has 0 saturated carbocycles. The van der Waals surface area contributed by atoms with E-state index in [2.05, 4.69) is 5.32 Å². The number of amides is 1. The van der Waals surface area contributed by atoms with E-state index in [1.54, 1.807) is 54.6 Å². The van der Waals surface area contributed by atoms with Crippen LogP contribution in [0.25, 0.3) is 0 Å². The van der Waals surface area contributed by atoms with Crippen LogP contribution in [0, 0.1) is 10.1 Å². The average Bonchev–Trinajstić information content (AvgIpc) is 2.73. The minimum Gasteiger partial charge on any atom is -0.485 e. The van der Waals surface area contributed by atoms with Crippen molar-refractivity contribution in [3.8, 4) is 5.75 Å². The molecular weight excluding hydrogens is 360 g/mol. The first-order chi connectivity index (χ1) is 13.5. The Labute approximate surface area is 160 Å². The van der Waals surface area contributed by atoms with Crippen LogP contribution in [0.1, 0.15) is 20.7 Å². The molecule has 3 aromatic rings. The van der Waals surface area contributed by atoms with Gasteiger partial charge in [0.2, 0.25) is 0 Å². The van der Waals surface area contributed by atoms with Gasteiger partial charge in [0.1, 0.15) is 5.75 Å². The number of benzene rings is 3. The number of nitrogens with one attached hydrogen (secondary N) is 1. The van der Waals surface area contributed by atoms with Crippen molar-refractivity contribution in [3.63, 3.8) is 0 Å². The van der Waals surface area contributed by atoms with Crippen molar-refractivity contribution < 1.29 is 19.2 Å². The standard InChI is InChI=1S/C21H16N2O5/c24-20(14-28-19-8-4-7-18(13-19)23(26)27)15-9-11-17(12-10-15)22-21(25)16-5-2-1-3-6-16/h1-13H,14H2,(H,22,25).